The van der Waals surface area contributed by atoms with Gasteiger partial charge in [0.15, 0.2) is 0 Å². The van der Waals surface area contributed by atoms with E-state index < -0.39 is 0 Å². The predicted octanol–water partition coefficient (Wildman–Crippen LogP) is 22.3. The van der Waals surface area contributed by atoms with Crippen molar-refractivity contribution in [2.24, 2.45) is 88.8 Å². The zero-order chi connectivity index (χ0) is 88.1. The molecule has 19 heteroatoms. The first-order chi connectivity index (χ1) is 61.6. The Morgan fingerprint density at radius 2 is 0.661 bits per heavy atom. The SMILES string of the molecule is C#Cc1ccc(CC(=O)C(C)C2C[C@H]3CC(c4ccnc5ccc(F)cc45)C[C@H]3C2)nc1.CC(C(=O)Cc1ccc(C#N)cn1)C1C[C@H]2CC(c3ccnc4ccc(F)cc34)C[C@H]2C1.CC(C(=O)Cc1ccc(C#N)nc1)C1C[C@H]2CC(c3ccnc4ccc(F)cc34)C[C@H]2C1.N#Cc1ccc(CC(=O)CC2C[C@@H]3CC(c4ccnc5ccc(F)cc45)C[C@@H]3C2)cn1. The molecule has 0 radical (unpaired) electrons. The molecule has 0 bridgehead atoms. The van der Waals surface area contributed by atoms with E-state index in [-0.39, 0.29) is 64.2 Å². The molecule has 4 aromatic carbocycles. The van der Waals surface area contributed by atoms with E-state index in [9.17, 15) is 36.7 Å². The number of aromatic nitrogens is 8. The summed E-state index contributed by atoms with van der Waals surface area (Å²) in [7, 11) is 0. The number of Topliss-reactive ketones (excluding diaryl/α,β-unsaturated/α-hetero) is 4. The minimum absolute atomic E-state index is 0.0207. The van der Waals surface area contributed by atoms with Gasteiger partial charge in [0, 0.05) is 138 Å². The molecule has 15 nitrogen and oxygen atoms in total. The zero-order valence-corrected chi connectivity index (χ0v) is 71.9. The summed E-state index contributed by atoms with van der Waals surface area (Å²) < 4.78 is 55.4. The molecule has 127 heavy (non-hydrogen) atoms. The Hall–Kier alpha value is -12.5. The molecule has 8 heterocycles. The molecule has 0 saturated heterocycles. The van der Waals surface area contributed by atoms with Crippen LogP contribution in [0.1, 0.15) is 221 Å². The highest BCUT2D eigenvalue weighted by Gasteiger charge is 2.49. The maximum atomic E-state index is 13.9. The Morgan fingerprint density at radius 3 is 0.953 bits per heavy atom. The first-order valence-electron chi connectivity index (χ1n) is 45.4. The van der Waals surface area contributed by atoms with Gasteiger partial charge in [0.05, 0.1) is 27.6 Å². The lowest BCUT2D eigenvalue weighted by molar-refractivity contribution is -0.124. The molecule has 0 spiro atoms. The number of fused-ring (bicyclic) bond motifs is 8. The molecule has 11 unspecified atom stereocenters. The summed E-state index contributed by atoms with van der Waals surface area (Å²) in [6, 6.07) is 47.9. The molecule has 0 aliphatic heterocycles. The third kappa shape index (κ3) is 19.7. The van der Waals surface area contributed by atoms with Crippen LogP contribution in [-0.4, -0.2) is 63.0 Å². The molecule has 0 amide bonds. The van der Waals surface area contributed by atoms with Crippen molar-refractivity contribution < 1.29 is 36.7 Å². The van der Waals surface area contributed by atoms with E-state index in [0.717, 1.165) is 174 Å². The van der Waals surface area contributed by atoms with Crippen LogP contribution in [0, 0.1) is 158 Å². The van der Waals surface area contributed by atoms with Crippen molar-refractivity contribution >= 4 is 66.7 Å². The maximum Gasteiger partial charge on any atom is 0.141 e. The summed E-state index contributed by atoms with van der Waals surface area (Å²) in [5.74, 6) is 11.5. The Bertz CT molecular complexity index is 5770. The number of hydrogen-bond acceptors (Lipinski definition) is 15. The summed E-state index contributed by atoms with van der Waals surface area (Å²) in [6.07, 6.45) is 39.0. The van der Waals surface area contributed by atoms with Crippen LogP contribution in [0.5, 0.6) is 0 Å². The number of pyridine rings is 8. The van der Waals surface area contributed by atoms with Gasteiger partial charge in [-0.1, -0.05) is 38.8 Å². The van der Waals surface area contributed by atoms with Gasteiger partial charge in [-0.3, -0.25) is 49.1 Å². The van der Waals surface area contributed by atoms with Gasteiger partial charge in [-0.2, -0.15) is 15.8 Å². The number of halogens is 4. The smallest absolute Gasteiger partial charge is 0.141 e. The zero-order valence-electron chi connectivity index (χ0n) is 71.9. The molecule has 12 aromatic rings. The van der Waals surface area contributed by atoms with Crippen LogP contribution in [-0.2, 0) is 44.9 Å². The van der Waals surface area contributed by atoms with Crippen molar-refractivity contribution in [2.75, 3.05) is 0 Å². The molecule has 19 atom stereocenters. The number of carbonyl (C=O) groups excluding carboxylic acids is 4. The third-order valence-corrected chi connectivity index (χ3v) is 30.5. The molecule has 20 rings (SSSR count). The van der Waals surface area contributed by atoms with Gasteiger partial charge in [0.25, 0.3) is 0 Å². The monoisotopic (exact) mass is 1690 g/mol. The third-order valence-electron chi connectivity index (χ3n) is 30.5. The number of hydrogen-bond donors (Lipinski definition) is 0. The summed E-state index contributed by atoms with van der Waals surface area (Å²) in [6.45, 7) is 6.22. The summed E-state index contributed by atoms with van der Waals surface area (Å²) in [4.78, 5) is 85.6. The van der Waals surface area contributed by atoms with Crippen molar-refractivity contribution in [3.05, 3.63) is 286 Å². The molecule has 0 N–H and O–H groups in total. The van der Waals surface area contributed by atoms with Crippen molar-refractivity contribution in [2.45, 2.75) is 179 Å². The van der Waals surface area contributed by atoms with Crippen LogP contribution >= 0.6 is 0 Å². The number of benzene rings is 4. The topological polar surface area (TPSA) is 243 Å². The first kappa shape index (κ1) is 86.7. The van der Waals surface area contributed by atoms with Crippen LogP contribution < -0.4 is 0 Å². The van der Waals surface area contributed by atoms with Crippen LogP contribution in [0.3, 0.4) is 0 Å². The van der Waals surface area contributed by atoms with Gasteiger partial charge in [-0.05, 0) is 364 Å². The van der Waals surface area contributed by atoms with Crippen LogP contribution in [0.15, 0.2) is 195 Å². The van der Waals surface area contributed by atoms with E-state index in [0.29, 0.717) is 144 Å². The number of terminal acetylenes is 1. The number of nitrogens with zero attached hydrogens (tertiary/aromatic N) is 11. The first-order valence-corrected chi connectivity index (χ1v) is 45.4. The molecule has 8 saturated carbocycles. The minimum atomic E-state index is -0.214. The Morgan fingerprint density at radius 1 is 0.346 bits per heavy atom. The highest BCUT2D eigenvalue weighted by molar-refractivity contribution is 5.87. The van der Waals surface area contributed by atoms with Gasteiger partial charge in [0.1, 0.15) is 76.0 Å². The number of rotatable bonds is 20. The molecule has 8 aliphatic carbocycles. The lowest BCUT2D eigenvalue weighted by Crippen LogP contribution is -2.22. The average molecular weight is 1700 g/mol. The lowest BCUT2D eigenvalue weighted by Gasteiger charge is -2.21. The van der Waals surface area contributed by atoms with Crippen LogP contribution in [0.4, 0.5) is 17.6 Å². The van der Waals surface area contributed by atoms with E-state index in [1.165, 1.54) is 52.7 Å². The normalized spacial score (nSPS) is 25.3. The van der Waals surface area contributed by atoms with Gasteiger partial charge in [-0.25, -0.2) is 27.5 Å². The van der Waals surface area contributed by atoms with Crippen molar-refractivity contribution in [1.82, 2.24) is 39.9 Å². The van der Waals surface area contributed by atoms with E-state index in [2.05, 4.69) is 96.9 Å². The Balaban J connectivity index is 0.000000119. The van der Waals surface area contributed by atoms with E-state index in [1.54, 1.807) is 91.4 Å². The van der Waals surface area contributed by atoms with E-state index in [4.69, 9.17) is 22.2 Å². The fourth-order valence-electron chi connectivity index (χ4n) is 24.0. The van der Waals surface area contributed by atoms with Gasteiger partial charge in [-0.15, -0.1) is 6.42 Å². The van der Waals surface area contributed by atoms with Crippen LogP contribution in [0.25, 0.3) is 43.6 Å². The minimum Gasteiger partial charge on any atom is -0.299 e. The maximum absolute atomic E-state index is 13.9. The van der Waals surface area contributed by atoms with E-state index >= 15 is 0 Å². The fraction of sp³-hybridized carbons (Fsp3) is 0.398. The standard InChI is InChI=1S/C28H27FN2O.2C27H26FN3O.C26H24FN3O/c1-3-18-4-6-24(31-16-18)15-28(32)17(2)19-10-20-12-22(13-21(20)11-19)25-8-9-30-27-7-5-23(29)14-26(25)27;1-16(27(32)13-23-4-2-17(14-29)15-31-23)18-8-19-10-21(11-20(19)9-18)24-6-7-30-26-5-3-22(28)12-25(24)26;1-16(27(32)8-17-2-4-23(14-29)31-15-17)18-9-19-11-21(12-20(19)10-18)24-6-7-30-26-5-3-22(28)13-25(24)26;27-21-2-4-26-25(13-21)24(5-6-29-26)20-11-18-7-17(8-19(18)12-20)10-23(31)9-16-1-3-22(14-28)30-15-16/h1,4-9,14,16-17,19-22H,10-13,15H2,2H3;2-7,12,15-16,18-21H,8-11,13H2,1H3;2-7,13,15-16,18-21H,8-12H2,1H3;1-6,13,15,17-20H,7-12H2/t17?,19?,20-,21+,22?;2*16?,18?,19-,20+,21?;17?,18-,19+,20?. The van der Waals surface area contributed by atoms with Gasteiger partial charge in [0.2, 0.25) is 0 Å². The van der Waals surface area contributed by atoms with Crippen molar-refractivity contribution in [3.8, 4) is 30.6 Å². The fourth-order valence-corrected chi connectivity index (χ4v) is 24.0. The molecule has 642 valence electrons. The highest BCUT2D eigenvalue weighted by atomic mass is 19.1. The predicted molar refractivity (Wildman–Crippen MR) is 480 cm³/mol. The highest BCUT2D eigenvalue weighted by Crippen LogP contribution is 2.59. The van der Waals surface area contributed by atoms with Gasteiger partial charge >= 0.3 is 0 Å². The van der Waals surface area contributed by atoms with Gasteiger partial charge < -0.3 is 0 Å². The van der Waals surface area contributed by atoms with Crippen molar-refractivity contribution in [3.63, 3.8) is 0 Å². The Kier molecular flexibility index (Phi) is 26.2. The molecular formula is C108H103F4N11O4. The van der Waals surface area contributed by atoms with Crippen LogP contribution in [0.2, 0.25) is 0 Å². The number of ketones is 4. The summed E-state index contributed by atoms with van der Waals surface area (Å²) in [5.41, 5.74) is 13.6. The number of carbonyl (C=O) groups is 4. The summed E-state index contributed by atoms with van der Waals surface area (Å²) in [5, 5.41) is 30.4. The lowest BCUT2D eigenvalue weighted by atomic mass is 9.83. The average Bonchev–Trinajstić information content (AvgIpc) is 1.69. The Labute approximate surface area is 739 Å². The second kappa shape index (κ2) is 38.4. The largest absolute Gasteiger partial charge is 0.299 e. The molecule has 8 aliphatic rings. The quantitative estimate of drug-likeness (QED) is 0.0509. The van der Waals surface area contributed by atoms with Crippen molar-refractivity contribution in [1.29, 1.82) is 15.8 Å². The second-order valence-corrected chi connectivity index (χ2v) is 37.9. The summed E-state index contributed by atoms with van der Waals surface area (Å²) >= 11 is 0. The molecule has 8 fully saturated rings. The molecular weight excluding hydrogens is 1590 g/mol. The van der Waals surface area contributed by atoms with E-state index in [1.807, 2.05) is 61.2 Å². The number of nitriles is 3. The molecule has 8 aromatic heterocycles. The second-order valence-electron chi connectivity index (χ2n) is 37.9.